The van der Waals surface area contributed by atoms with Crippen LogP contribution in [0.4, 0.5) is 4.79 Å². The summed E-state index contributed by atoms with van der Waals surface area (Å²) in [4.78, 5) is 30.6. The molecule has 0 unspecified atom stereocenters. The van der Waals surface area contributed by atoms with Crippen LogP contribution in [0.5, 0.6) is 0 Å². The van der Waals surface area contributed by atoms with Crippen LogP contribution in [0.2, 0.25) is 0 Å². The van der Waals surface area contributed by atoms with Gasteiger partial charge in [-0.05, 0) is 18.2 Å². The maximum atomic E-state index is 10.8. The van der Waals surface area contributed by atoms with E-state index in [1.807, 2.05) is 0 Å². The normalized spacial score (nSPS) is 8.06. The van der Waals surface area contributed by atoms with Gasteiger partial charge >= 0.3 is 6.03 Å². The molecular formula is C10H16N4O3. The van der Waals surface area contributed by atoms with E-state index < -0.39 is 12.2 Å². The highest BCUT2D eigenvalue weighted by Gasteiger charge is 2.06. The Morgan fingerprint density at radius 3 is 1.41 bits per heavy atom. The maximum Gasteiger partial charge on any atom is 0.309 e. The van der Waals surface area contributed by atoms with Crippen molar-refractivity contribution in [1.29, 1.82) is 0 Å². The van der Waals surface area contributed by atoms with Gasteiger partial charge in [0, 0.05) is 0 Å². The van der Waals surface area contributed by atoms with Crippen LogP contribution in [-0.2, 0) is 9.59 Å². The number of nitrogens with two attached hydrogens (primary N) is 2. The molecule has 0 saturated carbocycles. The Balaban J connectivity index is 0. The second-order valence-electron chi connectivity index (χ2n) is 2.54. The number of hydrogen-bond donors (Lipinski definition) is 4. The lowest BCUT2D eigenvalue weighted by Gasteiger charge is -2.13. The monoisotopic (exact) mass is 240 g/mol. The van der Waals surface area contributed by atoms with Crippen molar-refractivity contribution in [2.75, 3.05) is 0 Å². The molecule has 4 amide bonds. The van der Waals surface area contributed by atoms with Gasteiger partial charge in [0.15, 0.2) is 0 Å². The molecule has 0 aliphatic carbocycles. The van der Waals surface area contributed by atoms with Gasteiger partial charge in [0.2, 0.25) is 11.8 Å². The molecule has 0 saturated heterocycles. The smallest absolute Gasteiger partial charge is 0.309 e. The predicted molar refractivity (Wildman–Crippen MR) is 64.4 cm³/mol. The molecule has 0 aromatic rings. The highest BCUT2D eigenvalue weighted by Crippen LogP contribution is 1.81. The summed E-state index contributed by atoms with van der Waals surface area (Å²) in [6.07, 6.45) is 3.01. The molecule has 17 heavy (non-hydrogen) atoms. The molecule has 0 aliphatic heterocycles. The van der Waals surface area contributed by atoms with Gasteiger partial charge in [-0.25, -0.2) is 4.79 Å². The fourth-order valence-electron chi connectivity index (χ4n) is 0.578. The van der Waals surface area contributed by atoms with Crippen molar-refractivity contribution in [2.24, 2.45) is 11.5 Å². The van der Waals surface area contributed by atoms with Crippen LogP contribution in [0.25, 0.3) is 0 Å². The zero-order valence-corrected chi connectivity index (χ0v) is 9.31. The zero-order chi connectivity index (χ0) is 13.8. The van der Waals surface area contributed by atoms with Crippen LogP contribution < -0.4 is 22.1 Å². The number of carbonyl (C=O) groups excluding carboxylic acids is 3. The molecule has 0 spiro atoms. The van der Waals surface area contributed by atoms with E-state index in [0.29, 0.717) is 0 Å². The SMILES string of the molecule is C=CC(=O)NC(C=C)NC(=O)C=C.NC(N)=O. The van der Waals surface area contributed by atoms with Gasteiger partial charge in [0.25, 0.3) is 0 Å². The minimum Gasteiger partial charge on any atom is -0.352 e. The van der Waals surface area contributed by atoms with E-state index in [9.17, 15) is 9.59 Å². The second-order valence-corrected chi connectivity index (χ2v) is 2.54. The molecule has 7 heteroatoms. The molecule has 0 aromatic heterocycles. The molecule has 6 N–H and O–H groups in total. The van der Waals surface area contributed by atoms with Crippen molar-refractivity contribution < 1.29 is 14.4 Å². The van der Waals surface area contributed by atoms with Gasteiger partial charge in [-0.15, -0.1) is 0 Å². The minimum absolute atomic E-state index is 0.380. The Hall–Kier alpha value is -2.57. The van der Waals surface area contributed by atoms with E-state index >= 15 is 0 Å². The van der Waals surface area contributed by atoms with E-state index in [4.69, 9.17) is 4.79 Å². The van der Waals surface area contributed by atoms with Crippen LogP contribution in [0.15, 0.2) is 38.0 Å². The quantitative estimate of drug-likeness (QED) is 0.283. The summed E-state index contributed by atoms with van der Waals surface area (Å²) in [6.45, 7) is 9.97. The lowest BCUT2D eigenvalue weighted by molar-refractivity contribution is -0.119. The molecule has 0 fully saturated rings. The summed E-state index contributed by atoms with van der Waals surface area (Å²) in [5.41, 5.74) is 8.50. The van der Waals surface area contributed by atoms with Crippen LogP contribution in [-0.4, -0.2) is 24.0 Å². The highest BCUT2D eigenvalue weighted by molar-refractivity contribution is 5.89. The standard InChI is InChI=1S/C9H12N2O2.CH4N2O/c1-4-7(10-8(12)5-2)11-9(13)6-3;2-1(3)4/h4-7H,1-3H2,(H,10,12)(H,11,13);(H4,2,3,4). The van der Waals surface area contributed by atoms with Crippen LogP contribution in [0, 0.1) is 0 Å². The molecule has 0 aliphatic rings. The number of rotatable bonds is 5. The molecule has 0 heterocycles. The van der Waals surface area contributed by atoms with Crippen molar-refractivity contribution in [3.63, 3.8) is 0 Å². The fraction of sp³-hybridized carbons (Fsp3) is 0.100. The lowest BCUT2D eigenvalue weighted by atomic mass is 10.4. The minimum atomic E-state index is -0.833. The summed E-state index contributed by atoms with van der Waals surface area (Å²) in [6, 6.07) is -0.833. The number of hydrogen-bond acceptors (Lipinski definition) is 3. The van der Waals surface area contributed by atoms with Gasteiger partial charge in [-0.1, -0.05) is 19.7 Å². The number of nitrogens with one attached hydrogen (secondary N) is 2. The summed E-state index contributed by atoms with van der Waals surface area (Å²) >= 11 is 0. The molecule has 94 valence electrons. The number of carbonyl (C=O) groups is 3. The van der Waals surface area contributed by atoms with E-state index in [1.165, 1.54) is 6.08 Å². The molecule has 0 atom stereocenters. The first-order valence-corrected chi connectivity index (χ1v) is 4.40. The van der Waals surface area contributed by atoms with E-state index in [-0.39, 0.29) is 11.8 Å². The Bertz CT molecular complexity index is 300. The van der Waals surface area contributed by atoms with Crippen molar-refractivity contribution in [3.8, 4) is 0 Å². The van der Waals surface area contributed by atoms with Crippen LogP contribution in [0.1, 0.15) is 0 Å². The number of primary amides is 2. The summed E-state index contributed by atoms with van der Waals surface area (Å²) in [5, 5.41) is 4.85. The Labute approximate surface area is 99.2 Å². The first-order valence-electron chi connectivity index (χ1n) is 4.40. The first kappa shape index (κ1) is 16.8. The highest BCUT2D eigenvalue weighted by atomic mass is 16.2. The molecule has 0 radical (unpaired) electrons. The molecule has 7 nitrogen and oxygen atoms in total. The van der Waals surface area contributed by atoms with Gasteiger partial charge in [0.1, 0.15) is 6.17 Å². The first-order chi connectivity index (χ1) is 7.87. The van der Waals surface area contributed by atoms with Gasteiger partial charge in [-0.3, -0.25) is 9.59 Å². The fourth-order valence-corrected chi connectivity index (χ4v) is 0.578. The molecule has 0 rings (SSSR count). The zero-order valence-electron chi connectivity index (χ0n) is 9.31. The lowest BCUT2D eigenvalue weighted by Crippen LogP contribution is -2.45. The number of urea groups is 1. The van der Waals surface area contributed by atoms with E-state index in [1.54, 1.807) is 0 Å². The third-order valence-electron chi connectivity index (χ3n) is 1.20. The molecule has 0 bridgehead atoms. The summed E-state index contributed by atoms with van der Waals surface area (Å²) in [5.74, 6) is -0.761. The Kier molecular flexibility index (Phi) is 9.87. The van der Waals surface area contributed by atoms with Crippen LogP contribution in [0.3, 0.4) is 0 Å². The van der Waals surface area contributed by atoms with Gasteiger partial charge in [-0.2, -0.15) is 0 Å². The van der Waals surface area contributed by atoms with Crippen LogP contribution >= 0.6 is 0 Å². The van der Waals surface area contributed by atoms with Crippen molar-refractivity contribution in [3.05, 3.63) is 38.0 Å². The molecule has 0 aromatic carbocycles. The van der Waals surface area contributed by atoms with Gasteiger partial charge in [0.05, 0.1) is 0 Å². The topological polar surface area (TPSA) is 127 Å². The number of amides is 4. The second kappa shape index (κ2) is 9.97. The average Bonchev–Trinajstić information content (AvgIpc) is 2.26. The van der Waals surface area contributed by atoms with E-state index in [0.717, 1.165) is 12.2 Å². The van der Waals surface area contributed by atoms with E-state index in [2.05, 4.69) is 41.8 Å². The Morgan fingerprint density at radius 2 is 1.24 bits per heavy atom. The van der Waals surface area contributed by atoms with Gasteiger partial charge < -0.3 is 22.1 Å². The third kappa shape index (κ3) is 13.4. The van der Waals surface area contributed by atoms with Crippen molar-refractivity contribution >= 4 is 17.8 Å². The largest absolute Gasteiger partial charge is 0.352 e. The van der Waals surface area contributed by atoms with Crippen molar-refractivity contribution in [2.45, 2.75) is 6.17 Å². The maximum absolute atomic E-state index is 10.8. The predicted octanol–water partition coefficient (Wildman–Crippen LogP) is -0.873. The summed E-state index contributed by atoms with van der Waals surface area (Å²) < 4.78 is 0. The average molecular weight is 240 g/mol. The van der Waals surface area contributed by atoms with Crippen molar-refractivity contribution in [1.82, 2.24) is 10.6 Å². The Morgan fingerprint density at radius 1 is 0.941 bits per heavy atom. The third-order valence-corrected chi connectivity index (χ3v) is 1.20. The summed E-state index contributed by atoms with van der Waals surface area (Å²) in [7, 11) is 0. The molecular weight excluding hydrogens is 224 g/mol.